The Morgan fingerprint density at radius 1 is 1.17 bits per heavy atom. The van der Waals surface area contributed by atoms with E-state index in [1.807, 2.05) is 0 Å². The summed E-state index contributed by atoms with van der Waals surface area (Å²) < 4.78 is 0. The average molecular weight is 171 g/mol. The average Bonchev–Trinajstić information content (AvgIpc) is 1.85. The molecule has 0 aliphatic heterocycles. The van der Waals surface area contributed by atoms with E-state index in [9.17, 15) is 0 Å². The van der Waals surface area contributed by atoms with Crippen molar-refractivity contribution >= 4 is 0 Å². The van der Waals surface area contributed by atoms with Gasteiger partial charge in [-0.3, -0.25) is 4.90 Å². The molecule has 0 aromatic carbocycles. The van der Waals surface area contributed by atoms with Crippen molar-refractivity contribution in [1.29, 1.82) is 0 Å². The maximum absolute atomic E-state index is 2.57. The smallest absolute Gasteiger partial charge is 0.0127 e. The molecular weight excluding hydrogens is 146 g/mol. The lowest BCUT2D eigenvalue weighted by atomic mass is 10.0. The van der Waals surface area contributed by atoms with Gasteiger partial charge in [-0.15, -0.1) is 0 Å². The van der Waals surface area contributed by atoms with Gasteiger partial charge in [-0.25, -0.2) is 0 Å². The Morgan fingerprint density at radius 3 is 1.92 bits per heavy atom. The third-order valence-electron chi connectivity index (χ3n) is 2.44. The zero-order valence-corrected chi connectivity index (χ0v) is 9.65. The minimum absolute atomic E-state index is 0.323. The summed E-state index contributed by atoms with van der Waals surface area (Å²) in [6.07, 6.45) is 2.60. The molecule has 0 aromatic rings. The largest absolute Gasteiger partial charge is 0.296 e. The minimum Gasteiger partial charge on any atom is -0.296 e. The molecule has 0 fully saturated rings. The van der Waals surface area contributed by atoms with Crippen molar-refractivity contribution in [2.24, 2.45) is 0 Å². The van der Waals surface area contributed by atoms with E-state index < -0.39 is 0 Å². The topological polar surface area (TPSA) is 3.24 Å². The molecular formula is C11H25N. The maximum Gasteiger partial charge on any atom is 0.0127 e. The normalized spacial score (nSPS) is 15.2. The molecule has 0 aliphatic carbocycles. The van der Waals surface area contributed by atoms with Gasteiger partial charge in [-0.1, -0.05) is 20.3 Å². The molecule has 0 amide bonds. The van der Waals surface area contributed by atoms with Crippen molar-refractivity contribution in [2.75, 3.05) is 6.54 Å². The van der Waals surface area contributed by atoms with E-state index in [0.29, 0.717) is 5.54 Å². The van der Waals surface area contributed by atoms with E-state index in [1.165, 1.54) is 12.8 Å². The summed E-state index contributed by atoms with van der Waals surface area (Å²) in [6.45, 7) is 14.9. The van der Waals surface area contributed by atoms with Crippen LogP contribution in [-0.4, -0.2) is 23.0 Å². The molecule has 0 bridgehead atoms. The summed E-state index contributed by atoms with van der Waals surface area (Å²) in [5, 5.41) is 0. The van der Waals surface area contributed by atoms with Crippen LogP contribution in [0.25, 0.3) is 0 Å². The summed E-state index contributed by atoms with van der Waals surface area (Å²) in [5.41, 5.74) is 0.323. The highest BCUT2D eigenvalue weighted by Gasteiger charge is 2.23. The lowest BCUT2D eigenvalue weighted by Gasteiger charge is -2.39. The maximum atomic E-state index is 2.57. The summed E-state index contributed by atoms with van der Waals surface area (Å²) in [5.74, 6) is 0. The number of rotatable bonds is 4. The molecule has 1 heteroatoms. The van der Waals surface area contributed by atoms with Gasteiger partial charge in [0, 0.05) is 11.6 Å². The third-order valence-corrected chi connectivity index (χ3v) is 2.44. The van der Waals surface area contributed by atoms with Crippen molar-refractivity contribution in [1.82, 2.24) is 4.90 Å². The first-order valence-corrected chi connectivity index (χ1v) is 5.20. The second kappa shape index (κ2) is 4.86. The van der Waals surface area contributed by atoms with Crippen LogP contribution in [0.3, 0.4) is 0 Å². The van der Waals surface area contributed by atoms with Gasteiger partial charge in [0.15, 0.2) is 0 Å². The summed E-state index contributed by atoms with van der Waals surface area (Å²) in [4.78, 5) is 2.57. The van der Waals surface area contributed by atoms with Crippen molar-refractivity contribution in [3.05, 3.63) is 0 Å². The van der Waals surface area contributed by atoms with Crippen molar-refractivity contribution in [3.8, 4) is 0 Å². The van der Waals surface area contributed by atoms with Crippen LogP contribution < -0.4 is 0 Å². The monoisotopic (exact) mass is 171 g/mol. The van der Waals surface area contributed by atoms with Crippen LogP contribution >= 0.6 is 0 Å². The molecule has 0 rings (SSSR count). The highest BCUT2D eigenvalue weighted by Crippen LogP contribution is 2.18. The zero-order valence-electron chi connectivity index (χ0n) is 9.65. The molecule has 0 radical (unpaired) electrons. The van der Waals surface area contributed by atoms with E-state index in [-0.39, 0.29) is 0 Å². The third kappa shape index (κ3) is 3.57. The summed E-state index contributed by atoms with van der Waals surface area (Å²) in [6, 6.07) is 0.722. The Hall–Kier alpha value is -0.0400. The van der Waals surface area contributed by atoms with Gasteiger partial charge in [-0.2, -0.15) is 0 Å². The molecule has 0 saturated heterocycles. The van der Waals surface area contributed by atoms with Crippen LogP contribution in [0.5, 0.6) is 0 Å². The second-order valence-electron chi connectivity index (χ2n) is 4.59. The number of hydrogen-bond acceptors (Lipinski definition) is 1. The first kappa shape index (κ1) is 12.0. The van der Waals surface area contributed by atoms with Crippen LogP contribution in [0.15, 0.2) is 0 Å². The van der Waals surface area contributed by atoms with Gasteiger partial charge in [0.05, 0.1) is 0 Å². The van der Waals surface area contributed by atoms with E-state index in [0.717, 1.165) is 12.6 Å². The fourth-order valence-electron chi connectivity index (χ4n) is 2.02. The summed E-state index contributed by atoms with van der Waals surface area (Å²) in [7, 11) is 0. The molecule has 0 N–H and O–H groups in total. The quantitative estimate of drug-likeness (QED) is 0.627. The summed E-state index contributed by atoms with van der Waals surface area (Å²) >= 11 is 0. The van der Waals surface area contributed by atoms with Gasteiger partial charge >= 0.3 is 0 Å². The van der Waals surface area contributed by atoms with Crippen LogP contribution in [-0.2, 0) is 0 Å². The van der Waals surface area contributed by atoms with Crippen molar-refractivity contribution < 1.29 is 0 Å². The lowest BCUT2D eigenvalue weighted by molar-refractivity contribution is 0.0922. The standard InChI is InChI=1S/C11H25N/c1-7-9-10(3)12(8-2)11(4,5)6/h10H,7-9H2,1-6H3. The second-order valence-corrected chi connectivity index (χ2v) is 4.59. The Morgan fingerprint density at radius 2 is 1.67 bits per heavy atom. The molecule has 0 spiro atoms. The van der Waals surface area contributed by atoms with Crippen molar-refractivity contribution in [2.45, 2.75) is 66.0 Å². The van der Waals surface area contributed by atoms with Crippen LogP contribution in [0.1, 0.15) is 54.4 Å². The molecule has 12 heavy (non-hydrogen) atoms. The Bertz CT molecular complexity index is 113. The number of hydrogen-bond donors (Lipinski definition) is 0. The molecule has 0 aromatic heterocycles. The Labute approximate surface area is 78.1 Å². The SMILES string of the molecule is CCCC(C)N(CC)C(C)(C)C. The molecule has 1 atom stereocenters. The van der Waals surface area contributed by atoms with E-state index in [4.69, 9.17) is 0 Å². The van der Waals surface area contributed by atoms with Crippen LogP contribution in [0.4, 0.5) is 0 Å². The first-order valence-electron chi connectivity index (χ1n) is 5.20. The fraction of sp³-hybridized carbons (Fsp3) is 1.00. The van der Waals surface area contributed by atoms with E-state index in [2.05, 4.69) is 46.4 Å². The van der Waals surface area contributed by atoms with Gasteiger partial charge in [0.25, 0.3) is 0 Å². The van der Waals surface area contributed by atoms with E-state index >= 15 is 0 Å². The van der Waals surface area contributed by atoms with Crippen LogP contribution in [0, 0.1) is 0 Å². The van der Waals surface area contributed by atoms with Gasteiger partial charge in [0.1, 0.15) is 0 Å². The Balaban J connectivity index is 4.14. The predicted molar refractivity (Wildman–Crippen MR) is 56.5 cm³/mol. The predicted octanol–water partition coefficient (Wildman–Crippen LogP) is 3.30. The molecule has 1 unspecified atom stereocenters. The molecule has 0 aliphatic rings. The molecule has 0 heterocycles. The van der Waals surface area contributed by atoms with Gasteiger partial charge < -0.3 is 0 Å². The van der Waals surface area contributed by atoms with Gasteiger partial charge in [-0.05, 0) is 40.7 Å². The zero-order chi connectivity index (χ0) is 9.78. The first-order chi connectivity index (χ1) is 5.43. The van der Waals surface area contributed by atoms with E-state index in [1.54, 1.807) is 0 Å². The fourth-order valence-corrected chi connectivity index (χ4v) is 2.02. The number of nitrogens with zero attached hydrogens (tertiary/aromatic N) is 1. The molecule has 0 saturated carbocycles. The molecule has 74 valence electrons. The van der Waals surface area contributed by atoms with Gasteiger partial charge in [0.2, 0.25) is 0 Å². The molecule has 1 nitrogen and oxygen atoms in total. The van der Waals surface area contributed by atoms with Crippen LogP contribution in [0.2, 0.25) is 0 Å². The lowest BCUT2D eigenvalue weighted by Crippen LogP contribution is -2.46. The van der Waals surface area contributed by atoms with Crippen molar-refractivity contribution in [3.63, 3.8) is 0 Å². The Kier molecular flexibility index (Phi) is 4.84. The highest BCUT2D eigenvalue weighted by atomic mass is 15.2. The highest BCUT2D eigenvalue weighted by molar-refractivity contribution is 4.79. The minimum atomic E-state index is 0.323.